The molecule has 0 bridgehead atoms. The van der Waals surface area contributed by atoms with Gasteiger partial charge in [-0.05, 0) is 23.8 Å². The first-order valence-electron chi connectivity index (χ1n) is 5.31. The average molecular weight is 250 g/mol. The Morgan fingerprint density at radius 2 is 1.89 bits per heavy atom. The third-order valence-corrected chi connectivity index (χ3v) is 2.62. The molecule has 0 aliphatic carbocycles. The number of nitrogens with two attached hydrogens (primary N) is 1. The van der Waals surface area contributed by atoms with Gasteiger partial charge in [-0.15, -0.1) is 0 Å². The lowest BCUT2D eigenvalue weighted by Gasteiger charge is -2.15. The number of pyridine rings is 1. The summed E-state index contributed by atoms with van der Waals surface area (Å²) in [4.78, 5) is 3.90. The summed E-state index contributed by atoms with van der Waals surface area (Å²) in [5.41, 5.74) is 6.96. The fourth-order valence-electron chi connectivity index (χ4n) is 1.75. The van der Waals surface area contributed by atoms with Crippen LogP contribution in [0.15, 0.2) is 36.7 Å². The molecule has 1 aromatic heterocycles. The second-order valence-electron chi connectivity index (χ2n) is 3.80. The lowest BCUT2D eigenvalue weighted by molar-refractivity contribution is 0.405. The Kier molecular flexibility index (Phi) is 3.53. The van der Waals surface area contributed by atoms with Crippen molar-refractivity contribution in [3.8, 4) is 5.75 Å². The van der Waals surface area contributed by atoms with Gasteiger partial charge in [0.05, 0.1) is 19.3 Å². The molecule has 1 heterocycles. The number of aromatic nitrogens is 1. The van der Waals surface area contributed by atoms with E-state index in [0.29, 0.717) is 16.9 Å². The Morgan fingerprint density at radius 3 is 2.50 bits per heavy atom. The minimum absolute atomic E-state index is 0.344. The number of nitrogens with zero attached hydrogens (tertiary/aromatic N) is 1. The summed E-state index contributed by atoms with van der Waals surface area (Å²) in [7, 11) is 1.49. The third kappa shape index (κ3) is 2.46. The number of halogens is 2. The summed E-state index contributed by atoms with van der Waals surface area (Å²) in [5, 5.41) is 0. The summed E-state index contributed by atoms with van der Waals surface area (Å²) < 4.78 is 31.4. The first-order chi connectivity index (χ1) is 8.61. The molecule has 0 radical (unpaired) electrons. The maximum absolute atomic E-state index is 13.1. The number of benzene rings is 1. The van der Waals surface area contributed by atoms with Gasteiger partial charge >= 0.3 is 0 Å². The fraction of sp³-hybridized carbons (Fsp3) is 0.154. The Morgan fingerprint density at radius 1 is 1.22 bits per heavy atom. The van der Waals surface area contributed by atoms with Crippen LogP contribution in [0.1, 0.15) is 17.2 Å². The minimum atomic E-state index is -0.673. The van der Waals surface area contributed by atoms with Gasteiger partial charge < -0.3 is 10.5 Å². The van der Waals surface area contributed by atoms with E-state index < -0.39 is 17.7 Å². The van der Waals surface area contributed by atoms with Gasteiger partial charge in [0.1, 0.15) is 17.4 Å². The summed E-state index contributed by atoms with van der Waals surface area (Å²) in [6.07, 6.45) is 3.05. The van der Waals surface area contributed by atoms with Gasteiger partial charge in [0.2, 0.25) is 0 Å². The number of methoxy groups -OCH3 is 1. The third-order valence-electron chi connectivity index (χ3n) is 2.62. The van der Waals surface area contributed by atoms with Gasteiger partial charge in [0.15, 0.2) is 0 Å². The average Bonchev–Trinajstić information content (AvgIpc) is 2.36. The van der Waals surface area contributed by atoms with Crippen LogP contribution in [-0.2, 0) is 0 Å². The molecule has 3 nitrogen and oxygen atoms in total. The predicted octanol–water partition coefficient (Wildman–Crippen LogP) is 2.42. The van der Waals surface area contributed by atoms with E-state index in [1.807, 2.05) is 0 Å². The monoisotopic (exact) mass is 250 g/mol. The zero-order chi connectivity index (χ0) is 13.1. The van der Waals surface area contributed by atoms with E-state index in [0.717, 1.165) is 6.07 Å². The molecule has 2 aromatic rings. The van der Waals surface area contributed by atoms with Crippen molar-refractivity contribution in [2.24, 2.45) is 5.73 Å². The lowest BCUT2D eigenvalue weighted by Crippen LogP contribution is -2.13. The number of rotatable bonds is 3. The van der Waals surface area contributed by atoms with Crippen LogP contribution in [0.3, 0.4) is 0 Å². The molecule has 18 heavy (non-hydrogen) atoms. The maximum Gasteiger partial charge on any atom is 0.142 e. The molecule has 1 unspecified atom stereocenters. The van der Waals surface area contributed by atoms with Crippen molar-refractivity contribution in [2.45, 2.75) is 6.04 Å². The van der Waals surface area contributed by atoms with Crippen molar-refractivity contribution in [1.29, 1.82) is 0 Å². The van der Waals surface area contributed by atoms with Crippen LogP contribution in [0.4, 0.5) is 8.78 Å². The zero-order valence-electron chi connectivity index (χ0n) is 9.73. The summed E-state index contributed by atoms with van der Waals surface area (Å²) in [6.45, 7) is 0. The molecular formula is C13H12F2N2O. The quantitative estimate of drug-likeness (QED) is 0.910. The van der Waals surface area contributed by atoms with Crippen molar-refractivity contribution >= 4 is 0 Å². The topological polar surface area (TPSA) is 48.1 Å². The number of hydrogen-bond donors (Lipinski definition) is 1. The Balaban J connectivity index is 2.44. The van der Waals surface area contributed by atoms with E-state index in [1.54, 1.807) is 12.3 Å². The number of hydrogen-bond acceptors (Lipinski definition) is 3. The highest BCUT2D eigenvalue weighted by molar-refractivity contribution is 5.39. The zero-order valence-corrected chi connectivity index (χ0v) is 9.73. The maximum atomic E-state index is 13.1. The molecule has 2 rings (SSSR count). The highest BCUT2D eigenvalue weighted by Crippen LogP contribution is 2.27. The SMILES string of the molecule is COc1cnccc1C(N)c1cc(F)cc(F)c1. The van der Waals surface area contributed by atoms with Crippen molar-refractivity contribution in [1.82, 2.24) is 4.98 Å². The van der Waals surface area contributed by atoms with Crippen molar-refractivity contribution in [2.75, 3.05) is 7.11 Å². The number of ether oxygens (including phenoxy) is 1. The summed E-state index contributed by atoms with van der Waals surface area (Å²) in [6, 6.07) is 4.20. The van der Waals surface area contributed by atoms with Gasteiger partial charge in [-0.2, -0.15) is 0 Å². The summed E-state index contributed by atoms with van der Waals surface area (Å²) in [5.74, 6) is -0.836. The van der Waals surface area contributed by atoms with Crippen molar-refractivity contribution in [3.05, 3.63) is 59.4 Å². The Bertz CT molecular complexity index is 540. The molecule has 1 aromatic carbocycles. The molecule has 0 saturated heterocycles. The smallest absolute Gasteiger partial charge is 0.142 e. The molecule has 0 aliphatic rings. The normalized spacial score (nSPS) is 12.2. The van der Waals surface area contributed by atoms with E-state index in [4.69, 9.17) is 10.5 Å². The molecule has 1 atom stereocenters. The van der Waals surface area contributed by atoms with E-state index in [-0.39, 0.29) is 0 Å². The first-order valence-corrected chi connectivity index (χ1v) is 5.31. The van der Waals surface area contributed by atoms with Crippen LogP contribution >= 0.6 is 0 Å². The lowest BCUT2D eigenvalue weighted by atomic mass is 9.99. The Hall–Kier alpha value is -2.01. The van der Waals surface area contributed by atoms with Crippen molar-refractivity contribution in [3.63, 3.8) is 0 Å². The van der Waals surface area contributed by atoms with E-state index in [1.165, 1.54) is 25.4 Å². The molecule has 0 aliphatic heterocycles. The minimum Gasteiger partial charge on any atom is -0.495 e. The van der Waals surface area contributed by atoms with Gasteiger partial charge in [-0.3, -0.25) is 4.98 Å². The Labute approximate surface area is 103 Å². The largest absolute Gasteiger partial charge is 0.495 e. The van der Waals surface area contributed by atoms with E-state index in [2.05, 4.69) is 4.98 Å². The van der Waals surface area contributed by atoms with Crippen LogP contribution < -0.4 is 10.5 Å². The highest BCUT2D eigenvalue weighted by atomic mass is 19.1. The van der Waals surface area contributed by atoms with Crippen molar-refractivity contribution < 1.29 is 13.5 Å². The molecule has 94 valence electrons. The standard InChI is InChI=1S/C13H12F2N2O/c1-18-12-7-17-3-2-11(12)13(16)8-4-9(14)6-10(15)5-8/h2-7,13H,16H2,1H3. The molecule has 0 fully saturated rings. The van der Waals surface area contributed by atoms with E-state index >= 15 is 0 Å². The fourth-order valence-corrected chi connectivity index (χ4v) is 1.75. The molecule has 0 spiro atoms. The molecule has 2 N–H and O–H groups in total. The first kappa shape index (κ1) is 12.4. The highest BCUT2D eigenvalue weighted by Gasteiger charge is 2.15. The van der Waals surface area contributed by atoms with Gasteiger partial charge in [0.25, 0.3) is 0 Å². The second-order valence-corrected chi connectivity index (χ2v) is 3.80. The summed E-state index contributed by atoms with van der Waals surface area (Å²) >= 11 is 0. The second kappa shape index (κ2) is 5.10. The molecule has 0 amide bonds. The van der Waals surface area contributed by atoms with Gasteiger partial charge in [-0.25, -0.2) is 8.78 Å². The predicted molar refractivity (Wildman–Crippen MR) is 63.2 cm³/mol. The van der Waals surface area contributed by atoms with Crippen LogP contribution in [0.5, 0.6) is 5.75 Å². The van der Waals surface area contributed by atoms with Gasteiger partial charge in [0, 0.05) is 17.8 Å². The van der Waals surface area contributed by atoms with E-state index in [9.17, 15) is 8.78 Å². The molecule has 5 heteroatoms. The van der Waals surface area contributed by atoms with Crippen LogP contribution in [-0.4, -0.2) is 12.1 Å². The van der Waals surface area contributed by atoms with Crippen LogP contribution in [0, 0.1) is 11.6 Å². The molecular weight excluding hydrogens is 238 g/mol. The van der Waals surface area contributed by atoms with Crippen LogP contribution in [0.25, 0.3) is 0 Å². The van der Waals surface area contributed by atoms with Gasteiger partial charge in [-0.1, -0.05) is 0 Å². The van der Waals surface area contributed by atoms with Crippen LogP contribution in [0.2, 0.25) is 0 Å². The molecule has 0 saturated carbocycles.